The Kier molecular flexibility index (Phi) is 11.0. The maximum Gasteiger partial charge on any atom is 0.101 e. The van der Waals surface area contributed by atoms with Crippen molar-refractivity contribution < 1.29 is 0 Å². The van der Waals surface area contributed by atoms with Gasteiger partial charge in [0.2, 0.25) is 0 Å². The quantitative estimate of drug-likeness (QED) is 0.144. The van der Waals surface area contributed by atoms with Crippen molar-refractivity contribution in [1.82, 2.24) is 9.13 Å². The van der Waals surface area contributed by atoms with Crippen LogP contribution in [-0.2, 0) is 10.8 Å². The maximum absolute atomic E-state index is 11.2. The van der Waals surface area contributed by atoms with Crippen LogP contribution in [0.4, 0.5) is 0 Å². The van der Waals surface area contributed by atoms with Gasteiger partial charge in [-0.15, -0.1) is 0 Å². The van der Waals surface area contributed by atoms with Crippen molar-refractivity contribution in [2.75, 3.05) is 0 Å². The summed E-state index contributed by atoms with van der Waals surface area (Å²) in [5, 5.41) is 48.8. The third-order valence-electron chi connectivity index (χ3n) is 16.3. The minimum Gasteiger partial charge on any atom is -0.307 e. The molecule has 6 nitrogen and oxygen atoms in total. The molecule has 0 saturated carbocycles. The maximum atomic E-state index is 11.2. The summed E-state index contributed by atoms with van der Waals surface area (Å²) in [6, 6.07) is 58.9. The lowest BCUT2D eigenvalue weighted by molar-refractivity contribution is 0.654. The normalized spacial score (nSPS) is 14.2. The SMILES string of the molecule is C=CC1=C(C=C)C(C)(C)c2cc3c(cc21)c1ccccc1n3-c1c(C#N)cc(-c2cc(-c3ccccc3)cc(-c3cc(C#N)c(-n4c5ccccc5c5cc6c(cc54)C(C)(C)C(/C=C\C)=C6C=C)c(C#N)c3)c2)cc1C#N. The lowest BCUT2D eigenvalue weighted by atomic mass is 9.80. The van der Waals surface area contributed by atoms with Gasteiger partial charge in [0.15, 0.2) is 0 Å². The Morgan fingerprint density at radius 2 is 0.779 bits per heavy atom. The molecule has 0 bridgehead atoms. The molecule has 0 fully saturated rings. The molecule has 2 aromatic heterocycles. The van der Waals surface area contributed by atoms with E-state index >= 15 is 0 Å². The molecule has 8 aromatic carbocycles. The number of fused-ring (bicyclic) bond motifs is 8. The molecule has 2 heterocycles. The number of nitriles is 4. The van der Waals surface area contributed by atoms with E-state index in [0.29, 0.717) is 44.8 Å². The predicted octanol–water partition coefficient (Wildman–Crippen LogP) is 17.6. The second-order valence-electron chi connectivity index (χ2n) is 21.0. The van der Waals surface area contributed by atoms with Crippen LogP contribution >= 0.6 is 0 Å². The van der Waals surface area contributed by atoms with E-state index in [1.807, 2.05) is 122 Å². The van der Waals surface area contributed by atoms with Gasteiger partial charge in [-0.1, -0.05) is 145 Å². The highest BCUT2D eigenvalue weighted by molar-refractivity contribution is 6.13. The first-order valence-electron chi connectivity index (χ1n) is 25.7. The highest BCUT2D eigenvalue weighted by Crippen LogP contribution is 2.52. The van der Waals surface area contributed by atoms with E-state index in [2.05, 4.69) is 142 Å². The van der Waals surface area contributed by atoms with Crippen molar-refractivity contribution in [1.29, 1.82) is 21.0 Å². The molecule has 0 radical (unpaired) electrons. The van der Waals surface area contributed by atoms with Crippen LogP contribution in [0.15, 0.2) is 207 Å². The van der Waals surface area contributed by atoms with Crippen LogP contribution in [0.5, 0.6) is 0 Å². The first-order chi connectivity index (χ1) is 37.3. The van der Waals surface area contributed by atoms with E-state index in [4.69, 9.17) is 0 Å². The molecule has 0 amide bonds. The van der Waals surface area contributed by atoms with Crippen LogP contribution in [0.2, 0.25) is 0 Å². The van der Waals surface area contributed by atoms with Crippen LogP contribution < -0.4 is 0 Å². The highest BCUT2D eigenvalue weighted by atomic mass is 15.0. The van der Waals surface area contributed by atoms with Crippen molar-refractivity contribution in [2.45, 2.75) is 45.4 Å². The minimum atomic E-state index is -0.368. The number of hydrogen-bond acceptors (Lipinski definition) is 4. The third-order valence-corrected chi connectivity index (χ3v) is 16.3. The van der Waals surface area contributed by atoms with Crippen LogP contribution in [0.3, 0.4) is 0 Å². The van der Waals surface area contributed by atoms with Gasteiger partial charge in [-0.3, -0.25) is 0 Å². The van der Waals surface area contributed by atoms with Crippen LogP contribution in [0, 0.1) is 45.3 Å². The fourth-order valence-corrected chi connectivity index (χ4v) is 12.7. The number of aromatic nitrogens is 2. The lowest BCUT2D eigenvalue weighted by Gasteiger charge is -2.23. The molecule has 0 unspecified atom stereocenters. The van der Waals surface area contributed by atoms with E-state index < -0.39 is 0 Å². The summed E-state index contributed by atoms with van der Waals surface area (Å²) in [6.45, 7) is 23.4. The van der Waals surface area contributed by atoms with E-state index in [9.17, 15) is 21.0 Å². The molecule has 364 valence electrons. The summed E-state index contributed by atoms with van der Waals surface area (Å²) in [6.07, 6.45) is 10.0. The summed E-state index contributed by atoms with van der Waals surface area (Å²) < 4.78 is 4.16. The molecule has 12 rings (SSSR count). The Morgan fingerprint density at radius 3 is 1.18 bits per heavy atom. The van der Waals surface area contributed by atoms with Gasteiger partial charge in [0, 0.05) is 32.4 Å². The Bertz CT molecular complexity index is 4530. The average molecular weight is 987 g/mol. The molecule has 77 heavy (non-hydrogen) atoms. The van der Waals surface area contributed by atoms with Crippen molar-refractivity contribution in [3.63, 3.8) is 0 Å². The van der Waals surface area contributed by atoms with Crippen molar-refractivity contribution >= 4 is 54.8 Å². The molecular formula is C71H50N6. The van der Waals surface area contributed by atoms with Gasteiger partial charge in [-0.25, -0.2) is 0 Å². The van der Waals surface area contributed by atoms with E-state index in [1.165, 1.54) is 5.57 Å². The molecule has 0 N–H and O–H groups in total. The van der Waals surface area contributed by atoms with Gasteiger partial charge >= 0.3 is 0 Å². The number of rotatable bonds is 9. The minimum absolute atomic E-state index is 0.336. The molecular weight excluding hydrogens is 937 g/mol. The second-order valence-corrected chi connectivity index (χ2v) is 21.0. The average Bonchev–Trinajstić information content (AvgIpc) is 4.13. The lowest BCUT2D eigenvalue weighted by Crippen LogP contribution is -2.16. The Morgan fingerprint density at radius 1 is 0.403 bits per heavy atom. The number of para-hydroxylation sites is 2. The van der Waals surface area contributed by atoms with Gasteiger partial charge in [0.1, 0.15) is 24.3 Å². The van der Waals surface area contributed by atoms with E-state index in [0.717, 1.165) is 105 Å². The highest BCUT2D eigenvalue weighted by Gasteiger charge is 2.38. The van der Waals surface area contributed by atoms with Crippen LogP contribution in [0.1, 0.15) is 79.1 Å². The monoisotopic (exact) mass is 986 g/mol. The number of hydrogen-bond donors (Lipinski definition) is 0. The molecule has 2 aliphatic rings. The van der Waals surface area contributed by atoms with Crippen molar-refractivity contribution in [2.24, 2.45) is 0 Å². The number of benzene rings is 8. The fourth-order valence-electron chi connectivity index (χ4n) is 12.7. The largest absolute Gasteiger partial charge is 0.307 e. The number of allylic oxidation sites excluding steroid dienone is 9. The molecule has 6 heteroatoms. The Hall–Kier alpha value is -10.2. The predicted molar refractivity (Wildman–Crippen MR) is 316 cm³/mol. The first kappa shape index (κ1) is 47.7. The first-order valence-corrected chi connectivity index (χ1v) is 25.7. The van der Waals surface area contributed by atoms with Gasteiger partial charge in [0.25, 0.3) is 0 Å². The number of nitrogens with zero attached hydrogens (tertiary/aromatic N) is 6. The van der Waals surface area contributed by atoms with Gasteiger partial charge in [0.05, 0.1) is 55.7 Å². The molecule has 0 spiro atoms. The fraction of sp³-hybridized carbons (Fsp3) is 0.0986. The van der Waals surface area contributed by atoms with Gasteiger partial charge in [-0.2, -0.15) is 21.0 Å². The zero-order valence-corrected chi connectivity index (χ0v) is 43.5. The molecule has 0 saturated heterocycles. The summed E-state index contributed by atoms with van der Waals surface area (Å²) in [4.78, 5) is 0. The summed E-state index contributed by atoms with van der Waals surface area (Å²) >= 11 is 0. The molecule has 10 aromatic rings. The zero-order valence-electron chi connectivity index (χ0n) is 43.5. The topological polar surface area (TPSA) is 105 Å². The van der Waals surface area contributed by atoms with Crippen molar-refractivity contribution in [3.8, 4) is 69.0 Å². The second kappa shape index (κ2) is 17.7. The van der Waals surface area contributed by atoms with E-state index in [-0.39, 0.29) is 10.8 Å². The summed E-state index contributed by atoms with van der Waals surface area (Å²) in [5.41, 5.74) is 18.8. The van der Waals surface area contributed by atoms with E-state index in [1.54, 1.807) is 0 Å². The molecule has 2 aliphatic carbocycles. The van der Waals surface area contributed by atoms with Crippen molar-refractivity contribution in [3.05, 3.63) is 251 Å². The standard InChI is InChI=1S/C71H50N6/c1-9-20-61-53(11-3)57-35-59-55-24-17-19-26-65(55)77(67(59)37-63(57)71(61,7)8)69-50(40-74)32-47(33-51(69)41-75)45-28-43(42-21-14-13-15-22-42)27-44(29-45)46-30-48(38-72)68(49(31-46)39-73)76-64-25-18-16-23-54(64)58-34-56-52(10-2)60(12-4)70(5,6)62(56)36-66(58)76/h9-37H,2-4H2,1,5-8H3/b20-9-. The molecule has 0 aliphatic heterocycles. The van der Waals surface area contributed by atoms with Crippen LogP contribution in [-0.4, -0.2) is 9.13 Å². The third kappa shape index (κ3) is 6.91. The van der Waals surface area contributed by atoms with Gasteiger partial charge < -0.3 is 9.13 Å². The summed E-state index contributed by atoms with van der Waals surface area (Å²) in [5.74, 6) is 0. The smallest absolute Gasteiger partial charge is 0.101 e. The summed E-state index contributed by atoms with van der Waals surface area (Å²) in [7, 11) is 0. The molecule has 0 atom stereocenters. The Labute approximate surface area is 448 Å². The van der Waals surface area contributed by atoms with Crippen LogP contribution in [0.25, 0.3) is 99.5 Å². The zero-order chi connectivity index (χ0) is 53.7. The Balaban J connectivity index is 1.05. The van der Waals surface area contributed by atoms with Gasteiger partial charge in [-0.05, 0) is 164 Å².